The van der Waals surface area contributed by atoms with E-state index in [9.17, 15) is 0 Å². The number of hydrogen-bond donors (Lipinski definition) is 0. The summed E-state index contributed by atoms with van der Waals surface area (Å²) in [6.45, 7) is 0. The van der Waals surface area contributed by atoms with Gasteiger partial charge in [-0.1, -0.05) is 38.5 Å². The molecule has 5 aliphatic rings. The van der Waals surface area contributed by atoms with Crippen molar-refractivity contribution in [1.29, 1.82) is 0 Å². The molecule has 5 aliphatic carbocycles. The first-order valence-corrected chi connectivity index (χ1v) is 10.9. The summed E-state index contributed by atoms with van der Waals surface area (Å²) in [4.78, 5) is 0. The number of fused-ring (bicyclic) bond motifs is 6. The van der Waals surface area contributed by atoms with Gasteiger partial charge < -0.3 is 0 Å². The predicted molar refractivity (Wildman–Crippen MR) is 92.6 cm³/mol. The lowest BCUT2D eigenvalue weighted by atomic mass is 9.49. The first-order chi connectivity index (χ1) is 10.9. The van der Waals surface area contributed by atoms with E-state index in [1.165, 1.54) is 11.8 Å². The maximum absolute atomic E-state index is 1.68. The lowest BCUT2D eigenvalue weighted by molar-refractivity contribution is -0.0636. The van der Waals surface area contributed by atoms with Gasteiger partial charge in [-0.3, -0.25) is 0 Å². The first kappa shape index (κ1) is 14.4. The highest BCUT2D eigenvalue weighted by atomic mass is 14.5. The van der Waals surface area contributed by atoms with Crippen molar-refractivity contribution >= 4 is 0 Å². The molecule has 5 rings (SSSR count). The average Bonchev–Trinajstić information content (AvgIpc) is 2.60. The van der Waals surface area contributed by atoms with Gasteiger partial charge >= 0.3 is 0 Å². The Balaban J connectivity index is 1.37. The fourth-order valence-electron chi connectivity index (χ4n) is 8.32. The van der Waals surface area contributed by atoms with Crippen LogP contribution in [0.3, 0.4) is 0 Å². The van der Waals surface area contributed by atoms with Crippen molar-refractivity contribution in [3.63, 3.8) is 0 Å². The van der Waals surface area contributed by atoms with Crippen LogP contribution in [0.2, 0.25) is 0 Å². The largest absolute Gasteiger partial charge is 0.0530 e. The minimum Gasteiger partial charge on any atom is -0.0530 e. The smallest absolute Gasteiger partial charge is 0.0352 e. The normalized spacial score (nSPS) is 54.5. The van der Waals surface area contributed by atoms with Crippen LogP contribution in [0.4, 0.5) is 0 Å². The molecule has 0 heteroatoms. The summed E-state index contributed by atoms with van der Waals surface area (Å²) in [6.07, 6.45) is 22.4. The van der Waals surface area contributed by atoms with Crippen LogP contribution in [0.1, 0.15) is 89.9 Å². The summed E-state index contributed by atoms with van der Waals surface area (Å²) in [7, 11) is 0. The molecule has 0 saturated heterocycles. The topological polar surface area (TPSA) is 0 Å². The van der Waals surface area contributed by atoms with Crippen LogP contribution >= 0.6 is 0 Å². The Bertz CT molecular complexity index is 363. The Morgan fingerprint density at radius 1 is 0.318 bits per heavy atom. The fraction of sp³-hybridized carbons (Fsp3) is 1.00. The molecule has 124 valence electrons. The SMILES string of the molecule is C1CCC2C(C1)CCC1CC3CCC4CCCCC4C3CC12. The summed E-state index contributed by atoms with van der Waals surface area (Å²) in [6, 6.07) is 0. The Morgan fingerprint density at radius 3 is 1.32 bits per heavy atom. The second-order valence-electron chi connectivity index (χ2n) is 9.89. The van der Waals surface area contributed by atoms with Gasteiger partial charge in [-0.25, -0.2) is 0 Å². The molecule has 5 saturated carbocycles. The molecule has 0 spiro atoms. The second-order valence-corrected chi connectivity index (χ2v) is 9.89. The predicted octanol–water partition coefficient (Wildman–Crippen LogP) is 6.45. The number of rotatable bonds is 0. The van der Waals surface area contributed by atoms with E-state index in [0.717, 1.165) is 35.5 Å². The molecular formula is C22H36. The van der Waals surface area contributed by atoms with E-state index in [1.54, 1.807) is 89.9 Å². The van der Waals surface area contributed by atoms with Gasteiger partial charge in [-0.15, -0.1) is 0 Å². The van der Waals surface area contributed by atoms with Crippen molar-refractivity contribution in [2.45, 2.75) is 89.9 Å². The first-order valence-electron chi connectivity index (χ1n) is 10.9. The zero-order chi connectivity index (χ0) is 14.5. The van der Waals surface area contributed by atoms with Crippen molar-refractivity contribution in [2.24, 2.45) is 47.3 Å². The van der Waals surface area contributed by atoms with E-state index in [2.05, 4.69) is 0 Å². The molecule has 0 aromatic rings. The third kappa shape index (κ3) is 2.30. The third-order valence-corrected chi connectivity index (χ3v) is 9.21. The zero-order valence-corrected chi connectivity index (χ0v) is 14.5. The fourth-order valence-corrected chi connectivity index (χ4v) is 8.32. The van der Waals surface area contributed by atoms with Crippen molar-refractivity contribution in [3.05, 3.63) is 0 Å². The van der Waals surface area contributed by atoms with E-state index in [1.807, 2.05) is 0 Å². The third-order valence-electron chi connectivity index (χ3n) is 9.21. The second kappa shape index (κ2) is 5.82. The Morgan fingerprint density at radius 2 is 0.773 bits per heavy atom. The highest BCUT2D eigenvalue weighted by Gasteiger charge is 2.50. The minimum atomic E-state index is 1.15. The van der Waals surface area contributed by atoms with Crippen molar-refractivity contribution in [3.8, 4) is 0 Å². The molecule has 0 heterocycles. The molecule has 0 radical (unpaired) electrons. The van der Waals surface area contributed by atoms with Crippen molar-refractivity contribution in [1.82, 2.24) is 0 Å². The average molecular weight is 301 g/mol. The summed E-state index contributed by atoms with van der Waals surface area (Å²) in [5.41, 5.74) is 0. The van der Waals surface area contributed by atoms with E-state index in [0.29, 0.717) is 0 Å². The quantitative estimate of drug-likeness (QED) is 0.482. The van der Waals surface area contributed by atoms with Crippen molar-refractivity contribution in [2.75, 3.05) is 0 Å². The maximum Gasteiger partial charge on any atom is -0.0352 e. The van der Waals surface area contributed by atoms with Gasteiger partial charge in [-0.05, 0) is 98.7 Å². The van der Waals surface area contributed by atoms with Gasteiger partial charge in [0, 0.05) is 0 Å². The van der Waals surface area contributed by atoms with Gasteiger partial charge in [0.15, 0.2) is 0 Å². The van der Waals surface area contributed by atoms with Gasteiger partial charge in [0.1, 0.15) is 0 Å². The monoisotopic (exact) mass is 300 g/mol. The highest BCUT2D eigenvalue weighted by Crippen LogP contribution is 2.59. The van der Waals surface area contributed by atoms with Crippen LogP contribution in [0.15, 0.2) is 0 Å². The molecule has 8 atom stereocenters. The van der Waals surface area contributed by atoms with E-state index in [-0.39, 0.29) is 0 Å². The number of hydrogen-bond acceptors (Lipinski definition) is 0. The lowest BCUT2D eigenvalue weighted by Crippen LogP contribution is -2.47. The van der Waals surface area contributed by atoms with Gasteiger partial charge in [-0.2, -0.15) is 0 Å². The highest BCUT2D eigenvalue weighted by molar-refractivity contribution is 5.00. The van der Waals surface area contributed by atoms with Gasteiger partial charge in [0.25, 0.3) is 0 Å². The molecule has 0 N–H and O–H groups in total. The van der Waals surface area contributed by atoms with E-state index in [4.69, 9.17) is 0 Å². The molecule has 5 fully saturated rings. The summed E-state index contributed by atoms with van der Waals surface area (Å²) in [5.74, 6) is 9.27. The molecule has 8 unspecified atom stereocenters. The summed E-state index contributed by atoms with van der Waals surface area (Å²) in [5, 5.41) is 0. The van der Waals surface area contributed by atoms with Crippen LogP contribution in [0, 0.1) is 47.3 Å². The summed E-state index contributed by atoms with van der Waals surface area (Å²) >= 11 is 0. The Labute approximate surface area is 137 Å². The molecule has 0 aromatic heterocycles. The Hall–Kier alpha value is 0. The lowest BCUT2D eigenvalue weighted by Gasteiger charge is -2.56. The maximum atomic E-state index is 1.68. The van der Waals surface area contributed by atoms with Crippen LogP contribution in [0.5, 0.6) is 0 Å². The molecule has 0 bridgehead atoms. The van der Waals surface area contributed by atoms with Gasteiger partial charge in [0.05, 0.1) is 0 Å². The van der Waals surface area contributed by atoms with Gasteiger partial charge in [0.2, 0.25) is 0 Å². The van der Waals surface area contributed by atoms with Crippen LogP contribution in [0.25, 0.3) is 0 Å². The molecular weight excluding hydrogens is 264 g/mol. The molecule has 22 heavy (non-hydrogen) atoms. The standard InChI is InChI=1S/C22H36/c1-3-7-19-15(5-1)9-11-17-13-18-12-10-16-6-2-4-8-20(16)22(18)14-21(17)19/h15-22H,1-14H2. The molecule has 0 aromatic carbocycles. The zero-order valence-electron chi connectivity index (χ0n) is 14.5. The van der Waals surface area contributed by atoms with E-state index < -0.39 is 0 Å². The van der Waals surface area contributed by atoms with Crippen molar-refractivity contribution < 1.29 is 0 Å². The molecule has 0 aliphatic heterocycles. The van der Waals surface area contributed by atoms with Crippen LogP contribution in [-0.4, -0.2) is 0 Å². The van der Waals surface area contributed by atoms with E-state index >= 15 is 0 Å². The Kier molecular flexibility index (Phi) is 3.79. The summed E-state index contributed by atoms with van der Waals surface area (Å²) < 4.78 is 0. The molecule has 0 nitrogen and oxygen atoms in total. The van der Waals surface area contributed by atoms with Crippen LogP contribution in [-0.2, 0) is 0 Å². The van der Waals surface area contributed by atoms with Crippen LogP contribution < -0.4 is 0 Å². The minimum absolute atomic E-state index is 1.15. The molecule has 0 amide bonds.